The topological polar surface area (TPSA) is 63.2 Å². The molecule has 1 aromatic rings. The lowest BCUT2D eigenvalue weighted by molar-refractivity contribution is 0.607. The highest BCUT2D eigenvalue weighted by atomic mass is 35.7. The van der Waals surface area contributed by atoms with Crippen molar-refractivity contribution in [1.82, 2.24) is 9.97 Å². The Labute approximate surface area is 80.9 Å². The molecule has 72 valence electrons. The largest absolute Gasteiger partial charge is 0.323 e. The standard InChI is InChI=1S/C6H8ClN3O2S/c1-5-3-4-8-6(9-5)10(2)13(7,11)12/h3-4H,1-2H3. The van der Waals surface area contributed by atoms with Crippen LogP contribution >= 0.6 is 10.7 Å². The highest BCUT2D eigenvalue weighted by molar-refractivity contribution is 8.14. The zero-order chi connectivity index (χ0) is 10.1. The van der Waals surface area contributed by atoms with E-state index in [4.69, 9.17) is 10.7 Å². The van der Waals surface area contributed by atoms with Crippen molar-refractivity contribution in [3.8, 4) is 0 Å². The minimum Gasteiger partial charge on any atom is -0.228 e. The van der Waals surface area contributed by atoms with Crippen LogP contribution in [0.15, 0.2) is 12.3 Å². The normalized spacial score (nSPS) is 11.3. The summed E-state index contributed by atoms with van der Waals surface area (Å²) in [4.78, 5) is 7.65. The van der Waals surface area contributed by atoms with E-state index in [1.807, 2.05) is 0 Å². The molecule has 0 aromatic carbocycles. The first-order valence-electron chi connectivity index (χ1n) is 3.39. The van der Waals surface area contributed by atoms with Crippen molar-refractivity contribution in [2.45, 2.75) is 6.92 Å². The molecule has 0 bridgehead atoms. The molecular formula is C6H8ClN3O2S. The van der Waals surface area contributed by atoms with E-state index in [1.54, 1.807) is 13.0 Å². The van der Waals surface area contributed by atoms with Crippen LogP contribution in [-0.2, 0) is 9.24 Å². The molecule has 0 spiro atoms. The first-order valence-corrected chi connectivity index (χ1v) is 5.66. The molecule has 0 aliphatic carbocycles. The van der Waals surface area contributed by atoms with Crippen molar-refractivity contribution < 1.29 is 8.42 Å². The summed E-state index contributed by atoms with van der Waals surface area (Å²) in [7, 11) is 2.59. The highest BCUT2D eigenvalue weighted by Gasteiger charge is 2.16. The van der Waals surface area contributed by atoms with Crippen LogP contribution in [0.1, 0.15) is 5.69 Å². The second kappa shape index (κ2) is 3.47. The fraction of sp³-hybridized carbons (Fsp3) is 0.333. The third kappa shape index (κ3) is 2.53. The summed E-state index contributed by atoms with van der Waals surface area (Å²) >= 11 is 0. The summed E-state index contributed by atoms with van der Waals surface area (Å²) in [6, 6.07) is 1.66. The Morgan fingerprint density at radius 3 is 2.62 bits per heavy atom. The van der Waals surface area contributed by atoms with Gasteiger partial charge in [-0.15, -0.1) is 0 Å². The second-order valence-corrected chi connectivity index (χ2v) is 4.95. The van der Waals surface area contributed by atoms with Gasteiger partial charge in [0.15, 0.2) is 0 Å². The van der Waals surface area contributed by atoms with Crippen LogP contribution in [0.2, 0.25) is 0 Å². The number of anilines is 1. The predicted molar refractivity (Wildman–Crippen MR) is 49.9 cm³/mol. The number of nitrogens with zero attached hydrogens (tertiary/aromatic N) is 3. The summed E-state index contributed by atoms with van der Waals surface area (Å²) in [5.74, 6) is 0.0648. The van der Waals surface area contributed by atoms with Gasteiger partial charge in [0, 0.05) is 29.6 Å². The fourth-order valence-electron chi connectivity index (χ4n) is 0.685. The molecule has 0 unspecified atom stereocenters. The van der Waals surface area contributed by atoms with Crippen molar-refractivity contribution >= 4 is 25.9 Å². The monoisotopic (exact) mass is 221 g/mol. The van der Waals surface area contributed by atoms with E-state index in [1.165, 1.54) is 13.2 Å². The van der Waals surface area contributed by atoms with Crippen molar-refractivity contribution in [3.63, 3.8) is 0 Å². The number of rotatable bonds is 2. The van der Waals surface area contributed by atoms with Gasteiger partial charge in [-0.2, -0.15) is 8.42 Å². The smallest absolute Gasteiger partial charge is 0.228 e. The molecule has 1 aromatic heterocycles. The van der Waals surface area contributed by atoms with Crippen molar-refractivity contribution in [2.24, 2.45) is 0 Å². The van der Waals surface area contributed by atoms with E-state index in [-0.39, 0.29) is 5.95 Å². The molecule has 0 radical (unpaired) electrons. The summed E-state index contributed by atoms with van der Waals surface area (Å²) in [6.07, 6.45) is 1.47. The van der Waals surface area contributed by atoms with Crippen LogP contribution in [0.4, 0.5) is 5.95 Å². The molecule has 0 atom stereocenters. The Bertz CT molecular complexity index is 406. The van der Waals surface area contributed by atoms with E-state index < -0.39 is 9.24 Å². The Hall–Kier alpha value is -0.880. The van der Waals surface area contributed by atoms with E-state index in [0.717, 1.165) is 4.31 Å². The summed E-state index contributed by atoms with van der Waals surface area (Å²) < 4.78 is 22.5. The van der Waals surface area contributed by atoms with Crippen LogP contribution in [-0.4, -0.2) is 25.4 Å². The molecule has 1 heterocycles. The lowest BCUT2D eigenvalue weighted by Crippen LogP contribution is -2.23. The minimum absolute atomic E-state index is 0.0648. The van der Waals surface area contributed by atoms with Crippen LogP contribution in [0.3, 0.4) is 0 Å². The van der Waals surface area contributed by atoms with Gasteiger partial charge in [-0.25, -0.2) is 14.3 Å². The minimum atomic E-state index is -3.79. The maximum Gasteiger partial charge on any atom is 0.323 e. The van der Waals surface area contributed by atoms with Gasteiger partial charge < -0.3 is 0 Å². The van der Waals surface area contributed by atoms with Crippen LogP contribution in [0, 0.1) is 6.92 Å². The number of aromatic nitrogens is 2. The molecule has 1 rings (SSSR count). The van der Waals surface area contributed by atoms with Crippen LogP contribution in [0.25, 0.3) is 0 Å². The summed E-state index contributed by atoms with van der Waals surface area (Å²) in [5.41, 5.74) is 0.678. The van der Waals surface area contributed by atoms with Gasteiger partial charge in [-0.3, -0.25) is 0 Å². The zero-order valence-corrected chi connectivity index (χ0v) is 8.67. The predicted octanol–water partition coefficient (Wildman–Crippen LogP) is 0.705. The van der Waals surface area contributed by atoms with E-state index in [0.29, 0.717) is 5.69 Å². The molecule has 0 N–H and O–H groups in total. The van der Waals surface area contributed by atoms with Gasteiger partial charge in [0.1, 0.15) is 0 Å². The lowest BCUT2D eigenvalue weighted by Gasteiger charge is -2.11. The van der Waals surface area contributed by atoms with E-state index in [9.17, 15) is 8.42 Å². The molecule has 0 aliphatic heterocycles. The van der Waals surface area contributed by atoms with Gasteiger partial charge in [-0.1, -0.05) is 0 Å². The third-order valence-corrected chi connectivity index (χ3v) is 2.83. The molecule has 7 heteroatoms. The summed E-state index contributed by atoms with van der Waals surface area (Å²) in [5, 5.41) is 0. The first-order chi connectivity index (χ1) is 5.91. The van der Waals surface area contributed by atoms with E-state index in [2.05, 4.69) is 9.97 Å². The van der Waals surface area contributed by atoms with Gasteiger partial charge in [0.05, 0.1) is 0 Å². The molecule has 0 amide bonds. The Balaban J connectivity index is 3.10. The van der Waals surface area contributed by atoms with Gasteiger partial charge >= 0.3 is 9.24 Å². The third-order valence-electron chi connectivity index (χ3n) is 1.39. The van der Waals surface area contributed by atoms with Crippen LogP contribution in [0.5, 0.6) is 0 Å². The SMILES string of the molecule is Cc1ccnc(N(C)S(=O)(=O)Cl)n1. The zero-order valence-electron chi connectivity index (χ0n) is 7.10. The molecular weight excluding hydrogens is 214 g/mol. The number of aryl methyl sites for hydroxylation is 1. The maximum atomic E-state index is 10.9. The highest BCUT2D eigenvalue weighted by Crippen LogP contribution is 2.12. The maximum absolute atomic E-state index is 10.9. The van der Waals surface area contributed by atoms with Gasteiger partial charge in [0.25, 0.3) is 0 Å². The Kier molecular flexibility index (Phi) is 2.72. The first kappa shape index (κ1) is 10.2. The van der Waals surface area contributed by atoms with Crippen molar-refractivity contribution in [2.75, 3.05) is 11.4 Å². The average molecular weight is 222 g/mol. The van der Waals surface area contributed by atoms with Crippen molar-refractivity contribution in [1.29, 1.82) is 0 Å². The number of halogens is 1. The van der Waals surface area contributed by atoms with Crippen LogP contribution < -0.4 is 4.31 Å². The second-order valence-electron chi connectivity index (χ2n) is 2.41. The Morgan fingerprint density at radius 2 is 2.15 bits per heavy atom. The Morgan fingerprint density at radius 1 is 1.54 bits per heavy atom. The summed E-state index contributed by atoms with van der Waals surface area (Å²) in [6.45, 7) is 1.74. The number of hydrogen-bond donors (Lipinski definition) is 0. The molecule has 0 aliphatic rings. The lowest BCUT2D eigenvalue weighted by atomic mass is 10.5. The molecule has 13 heavy (non-hydrogen) atoms. The average Bonchev–Trinajstić information content (AvgIpc) is 2.01. The van der Waals surface area contributed by atoms with E-state index >= 15 is 0 Å². The fourth-order valence-corrected chi connectivity index (χ4v) is 1.15. The quantitative estimate of drug-likeness (QED) is 0.690. The molecule has 0 saturated heterocycles. The molecule has 5 nitrogen and oxygen atoms in total. The van der Waals surface area contributed by atoms with Gasteiger partial charge in [0.2, 0.25) is 5.95 Å². The molecule has 0 saturated carbocycles. The van der Waals surface area contributed by atoms with Crippen molar-refractivity contribution in [3.05, 3.63) is 18.0 Å². The number of hydrogen-bond acceptors (Lipinski definition) is 4. The molecule has 0 fully saturated rings. The van der Waals surface area contributed by atoms with Gasteiger partial charge in [-0.05, 0) is 13.0 Å².